The minimum atomic E-state index is -0.367. The lowest BCUT2D eigenvalue weighted by Crippen LogP contribution is -2.32. The molecule has 1 aliphatic rings. The molecule has 2 aromatic carbocycles. The summed E-state index contributed by atoms with van der Waals surface area (Å²) in [6.45, 7) is 4.64. The number of nitrogens with zero attached hydrogens (tertiary/aromatic N) is 4. The minimum absolute atomic E-state index is 0.297. The lowest BCUT2D eigenvalue weighted by atomic mass is 10.1. The molecule has 34 heavy (non-hydrogen) atoms. The number of amides is 1. The van der Waals surface area contributed by atoms with Crippen molar-refractivity contribution in [3.63, 3.8) is 0 Å². The first-order valence-corrected chi connectivity index (χ1v) is 12.0. The van der Waals surface area contributed by atoms with Gasteiger partial charge < -0.3 is 9.64 Å². The molecule has 7 heteroatoms. The van der Waals surface area contributed by atoms with E-state index < -0.39 is 0 Å². The van der Waals surface area contributed by atoms with Crippen LogP contribution in [0.1, 0.15) is 55.1 Å². The van der Waals surface area contributed by atoms with E-state index in [1.54, 1.807) is 12.3 Å². The molecule has 1 amide bonds. The minimum Gasteiger partial charge on any atom is -0.494 e. The highest BCUT2D eigenvalue weighted by Gasteiger charge is 2.18. The second kappa shape index (κ2) is 11.9. The van der Waals surface area contributed by atoms with Gasteiger partial charge in [0, 0.05) is 18.7 Å². The lowest BCUT2D eigenvalue weighted by molar-refractivity contribution is 0.0950. The largest absolute Gasteiger partial charge is 0.494 e. The van der Waals surface area contributed by atoms with Crippen LogP contribution in [0.5, 0.6) is 5.75 Å². The van der Waals surface area contributed by atoms with Gasteiger partial charge in [-0.25, -0.2) is 15.4 Å². The maximum Gasteiger partial charge on any atom is 0.290 e. The van der Waals surface area contributed by atoms with E-state index in [9.17, 15) is 4.79 Å². The van der Waals surface area contributed by atoms with Crippen LogP contribution in [0.3, 0.4) is 0 Å². The smallest absolute Gasteiger partial charge is 0.290 e. The Morgan fingerprint density at radius 1 is 1.06 bits per heavy atom. The Labute approximate surface area is 200 Å². The van der Waals surface area contributed by atoms with Crippen LogP contribution in [0, 0.1) is 0 Å². The van der Waals surface area contributed by atoms with Crippen LogP contribution >= 0.6 is 0 Å². The summed E-state index contributed by atoms with van der Waals surface area (Å²) in [6.07, 6.45) is 7.16. The van der Waals surface area contributed by atoms with Gasteiger partial charge in [-0.2, -0.15) is 5.10 Å². The zero-order valence-electron chi connectivity index (χ0n) is 19.6. The maximum atomic E-state index is 12.9. The molecule has 0 bridgehead atoms. The summed E-state index contributed by atoms with van der Waals surface area (Å²) >= 11 is 0. The molecule has 3 aromatic rings. The number of carbonyl (C=O) groups excluding carboxylic acids is 1. The van der Waals surface area contributed by atoms with Gasteiger partial charge >= 0.3 is 0 Å². The molecule has 1 saturated heterocycles. The van der Waals surface area contributed by atoms with Gasteiger partial charge in [0.15, 0.2) is 0 Å². The van der Waals surface area contributed by atoms with Gasteiger partial charge in [-0.15, -0.1) is 0 Å². The number of hydrogen-bond donors (Lipinski definition) is 1. The molecule has 0 radical (unpaired) electrons. The second-order valence-corrected chi connectivity index (χ2v) is 8.32. The summed E-state index contributed by atoms with van der Waals surface area (Å²) in [4.78, 5) is 24.4. The van der Waals surface area contributed by atoms with Crippen LogP contribution < -0.4 is 15.1 Å². The first kappa shape index (κ1) is 23.4. The van der Waals surface area contributed by atoms with Crippen LogP contribution in [0.15, 0.2) is 65.8 Å². The molecule has 4 rings (SSSR count). The van der Waals surface area contributed by atoms with Crippen LogP contribution in [-0.4, -0.2) is 41.8 Å². The quantitative estimate of drug-likeness (QED) is 0.275. The SMILES string of the molecule is CCCCOc1ccc(/C=N/NC(=O)c2cc(-c3ccccc3)nc(N3CCCCC3)n2)cc1. The number of benzene rings is 2. The molecule has 1 fully saturated rings. The Kier molecular flexibility index (Phi) is 8.22. The zero-order chi connectivity index (χ0) is 23.6. The van der Waals surface area contributed by atoms with Crippen molar-refractivity contribution in [3.8, 4) is 17.0 Å². The molecule has 0 spiro atoms. The average molecular weight is 458 g/mol. The number of hydrogen-bond acceptors (Lipinski definition) is 6. The zero-order valence-corrected chi connectivity index (χ0v) is 19.6. The van der Waals surface area contributed by atoms with Crippen molar-refractivity contribution in [2.24, 2.45) is 5.10 Å². The molecule has 0 atom stereocenters. The molecular formula is C27H31N5O2. The van der Waals surface area contributed by atoms with E-state index >= 15 is 0 Å². The number of anilines is 1. The van der Waals surface area contributed by atoms with E-state index in [1.165, 1.54) is 6.42 Å². The van der Waals surface area contributed by atoms with Crippen LogP contribution in [0.25, 0.3) is 11.3 Å². The average Bonchev–Trinajstić information content (AvgIpc) is 2.90. The molecule has 1 aromatic heterocycles. The Hall–Kier alpha value is -3.74. The van der Waals surface area contributed by atoms with E-state index in [-0.39, 0.29) is 5.91 Å². The van der Waals surface area contributed by atoms with Crippen LogP contribution in [0.2, 0.25) is 0 Å². The Bertz CT molecular complexity index is 1090. The topological polar surface area (TPSA) is 79.7 Å². The van der Waals surface area contributed by atoms with Gasteiger partial charge in [-0.3, -0.25) is 4.79 Å². The third-order valence-electron chi connectivity index (χ3n) is 5.68. The van der Waals surface area contributed by atoms with Crippen molar-refractivity contribution >= 4 is 18.1 Å². The number of nitrogens with one attached hydrogen (secondary N) is 1. The first-order valence-electron chi connectivity index (χ1n) is 12.0. The monoisotopic (exact) mass is 457 g/mol. The first-order chi connectivity index (χ1) is 16.7. The molecule has 0 saturated carbocycles. The Morgan fingerprint density at radius 2 is 1.82 bits per heavy atom. The number of rotatable bonds is 9. The van der Waals surface area contributed by atoms with Crippen LogP contribution in [-0.2, 0) is 0 Å². The molecule has 176 valence electrons. The van der Waals surface area contributed by atoms with Crippen molar-refractivity contribution in [1.29, 1.82) is 0 Å². The number of ether oxygens (including phenoxy) is 1. The molecule has 1 N–H and O–H groups in total. The lowest BCUT2D eigenvalue weighted by Gasteiger charge is -2.27. The molecule has 7 nitrogen and oxygen atoms in total. The van der Waals surface area contributed by atoms with Gasteiger partial charge in [-0.05, 0) is 61.6 Å². The van der Waals surface area contributed by atoms with Crippen molar-refractivity contribution < 1.29 is 9.53 Å². The molecule has 0 unspecified atom stereocenters. The van der Waals surface area contributed by atoms with E-state index in [0.717, 1.165) is 61.3 Å². The van der Waals surface area contributed by atoms with Crippen molar-refractivity contribution in [2.45, 2.75) is 39.0 Å². The number of aromatic nitrogens is 2. The van der Waals surface area contributed by atoms with E-state index in [2.05, 4.69) is 27.3 Å². The summed E-state index contributed by atoms with van der Waals surface area (Å²) in [6, 6.07) is 19.2. The summed E-state index contributed by atoms with van der Waals surface area (Å²) in [5.74, 6) is 1.05. The van der Waals surface area contributed by atoms with Gasteiger partial charge in [0.25, 0.3) is 5.91 Å². The number of carbonyl (C=O) groups is 1. The standard InChI is InChI=1S/C27H31N5O2/c1-2-3-18-34-23-14-12-21(13-15-23)20-28-31-26(33)25-19-24(22-10-6-4-7-11-22)29-27(30-25)32-16-8-5-9-17-32/h4,6-7,10-15,19-20H,2-3,5,8-9,16-18H2,1H3,(H,31,33)/b28-20+. The van der Waals surface area contributed by atoms with Crippen molar-refractivity contribution in [1.82, 2.24) is 15.4 Å². The van der Waals surface area contributed by atoms with E-state index in [1.807, 2.05) is 54.6 Å². The number of hydrazone groups is 1. The highest BCUT2D eigenvalue weighted by Crippen LogP contribution is 2.23. The number of piperidine rings is 1. The fourth-order valence-electron chi connectivity index (χ4n) is 3.75. The summed E-state index contributed by atoms with van der Waals surface area (Å²) < 4.78 is 5.68. The van der Waals surface area contributed by atoms with E-state index in [4.69, 9.17) is 9.72 Å². The molecule has 1 aliphatic heterocycles. The van der Waals surface area contributed by atoms with Crippen LogP contribution in [0.4, 0.5) is 5.95 Å². The molecule has 0 aliphatic carbocycles. The Balaban J connectivity index is 1.47. The van der Waals surface area contributed by atoms with Gasteiger partial charge in [0.05, 0.1) is 18.5 Å². The fraction of sp³-hybridized carbons (Fsp3) is 0.333. The summed E-state index contributed by atoms with van der Waals surface area (Å²) in [5.41, 5.74) is 5.44. The Morgan fingerprint density at radius 3 is 2.56 bits per heavy atom. The molecular weight excluding hydrogens is 426 g/mol. The third kappa shape index (κ3) is 6.41. The number of unbranched alkanes of at least 4 members (excludes halogenated alkanes) is 1. The third-order valence-corrected chi connectivity index (χ3v) is 5.68. The second-order valence-electron chi connectivity index (χ2n) is 8.32. The predicted molar refractivity (Wildman–Crippen MR) is 135 cm³/mol. The van der Waals surface area contributed by atoms with Gasteiger partial charge in [0.2, 0.25) is 5.95 Å². The maximum absolute atomic E-state index is 12.9. The summed E-state index contributed by atoms with van der Waals surface area (Å²) in [5, 5.41) is 4.13. The van der Waals surface area contributed by atoms with Crippen molar-refractivity contribution in [2.75, 3.05) is 24.6 Å². The molecule has 2 heterocycles. The van der Waals surface area contributed by atoms with E-state index in [0.29, 0.717) is 18.2 Å². The van der Waals surface area contributed by atoms with Gasteiger partial charge in [0.1, 0.15) is 11.4 Å². The highest BCUT2D eigenvalue weighted by molar-refractivity contribution is 5.94. The van der Waals surface area contributed by atoms with Crippen molar-refractivity contribution in [3.05, 3.63) is 71.9 Å². The normalized spacial score (nSPS) is 13.7. The van der Waals surface area contributed by atoms with Gasteiger partial charge in [-0.1, -0.05) is 43.7 Å². The highest BCUT2D eigenvalue weighted by atomic mass is 16.5. The fourth-order valence-corrected chi connectivity index (χ4v) is 3.75. The predicted octanol–water partition coefficient (Wildman–Crippen LogP) is 5.08. The summed E-state index contributed by atoms with van der Waals surface area (Å²) in [7, 11) is 0.